The minimum atomic E-state index is -0.962. The average molecular weight is 542 g/mol. The van der Waals surface area contributed by atoms with Crippen molar-refractivity contribution in [2.24, 2.45) is 0 Å². The van der Waals surface area contributed by atoms with Crippen molar-refractivity contribution in [3.8, 4) is 22.3 Å². The monoisotopic (exact) mass is 541 g/mol. The number of hydrogen-bond acceptors (Lipinski definition) is 3. The summed E-state index contributed by atoms with van der Waals surface area (Å²) in [7, 11) is 0. The third kappa shape index (κ3) is 5.04. The zero-order valence-corrected chi connectivity index (χ0v) is 22.6. The number of amides is 1. The van der Waals surface area contributed by atoms with E-state index in [-0.39, 0.29) is 12.5 Å². The number of carboxylic acid groups (broad SMARTS) is 1. The summed E-state index contributed by atoms with van der Waals surface area (Å²) in [5.74, 6) is -0.0484. The normalized spacial score (nSPS) is 12.0. The Balaban J connectivity index is 1.38. The molecule has 1 N–H and O–H groups in total. The van der Waals surface area contributed by atoms with Gasteiger partial charge in [-0.2, -0.15) is 0 Å². The fourth-order valence-corrected chi connectivity index (χ4v) is 6.50. The number of rotatable bonds is 8. The van der Waals surface area contributed by atoms with Gasteiger partial charge >= 0.3 is 6.09 Å². The lowest BCUT2D eigenvalue weighted by molar-refractivity contribution is 0.112. The molecule has 0 unspecified atom stereocenters. The highest BCUT2D eigenvalue weighted by Gasteiger charge is 2.31. The molecule has 196 valence electrons. The molecule has 0 atom stereocenters. The van der Waals surface area contributed by atoms with E-state index in [1.54, 1.807) is 6.07 Å². The molecule has 1 amide bonds. The lowest BCUT2D eigenvalue weighted by atomic mass is 9.96. The highest BCUT2D eigenvalue weighted by atomic mass is 32.2. The largest absolute Gasteiger partial charge is 0.465 e. The zero-order chi connectivity index (χ0) is 27.5. The van der Waals surface area contributed by atoms with Crippen LogP contribution in [0, 0.1) is 0 Å². The molecule has 0 heterocycles. The van der Waals surface area contributed by atoms with Crippen molar-refractivity contribution in [2.45, 2.75) is 22.3 Å². The summed E-state index contributed by atoms with van der Waals surface area (Å²) in [4.78, 5) is 27.7. The van der Waals surface area contributed by atoms with Crippen molar-refractivity contribution < 1.29 is 14.7 Å². The Bertz CT molecular complexity index is 1650. The second-order valence-electron chi connectivity index (χ2n) is 9.84. The summed E-state index contributed by atoms with van der Waals surface area (Å²) in [6, 6.07) is 40.2. The topological polar surface area (TPSA) is 57.6 Å². The molecule has 0 radical (unpaired) electrons. The molecule has 0 fully saturated rings. The van der Waals surface area contributed by atoms with E-state index in [9.17, 15) is 14.7 Å². The molecule has 0 aromatic heterocycles. The van der Waals surface area contributed by atoms with Crippen LogP contribution in [0.1, 0.15) is 33.0 Å². The van der Waals surface area contributed by atoms with E-state index >= 15 is 0 Å². The Morgan fingerprint density at radius 3 is 2.02 bits per heavy atom. The van der Waals surface area contributed by atoms with Gasteiger partial charge in [0.05, 0.1) is 6.54 Å². The lowest BCUT2D eigenvalue weighted by Crippen LogP contribution is -2.33. The number of benzene rings is 5. The molecule has 5 aromatic rings. The molecule has 0 bridgehead atoms. The molecule has 40 heavy (non-hydrogen) atoms. The van der Waals surface area contributed by atoms with E-state index in [2.05, 4.69) is 48.5 Å². The van der Waals surface area contributed by atoms with Gasteiger partial charge in [-0.3, -0.25) is 4.79 Å². The van der Waals surface area contributed by atoms with Crippen LogP contribution in [0.4, 0.5) is 4.79 Å². The number of hydrogen-bond donors (Lipinski definition) is 1. The summed E-state index contributed by atoms with van der Waals surface area (Å²) >= 11 is 1.49. The van der Waals surface area contributed by atoms with Gasteiger partial charge in [0.2, 0.25) is 0 Å². The van der Waals surface area contributed by atoms with E-state index < -0.39 is 6.09 Å². The van der Waals surface area contributed by atoms with Crippen molar-refractivity contribution >= 4 is 24.1 Å². The second-order valence-corrected chi connectivity index (χ2v) is 10.9. The van der Waals surface area contributed by atoms with Gasteiger partial charge in [0.15, 0.2) is 6.29 Å². The first-order valence-electron chi connectivity index (χ1n) is 13.2. The van der Waals surface area contributed by atoms with Crippen molar-refractivity contribution in [1.29, 1.82) is 0 Å². The molecule has 6 rings (SSSR count). The van der Waals surface area contributed by atoms with E-state index in [4.69, 9.17) is 0 Å². The van der Waals surface area contributed by atoms with E-state index in [0.717, 1.165) is 43.9 Å². The van der Waals surface area contributed by atoms with Crippen LogP contribution < -0.4 is 0 Å². The first-order chi connectivity index (χ1) is 19.6. The highest BCUT2D eigenvalue weighted by molar-refractivity contribution is 7.99. The molecule has 4 nitrogen and oxygen atoms in total. The fraction of sp³-hybridized carbons (Fsp3) is 0.0857. The Morgan fingerprint density at radius 1 is 0.725 bits per heavy atom. The van der Waals surface area contributed by atoms with Crippen LogP contribution >= 0.6 is 11.8 Å². The molecule has 0 spiro atoms. The third-order valence-electron chi connectivity index (χ3n) is 7.43. The van der Waals surface area contributed by atoms with Gasteiger partial charge in [-0.25, -0.2) is 4.79 Å². The Kier molecular flexibility index (Phi) is 7.21. The molecule has 0 saturated heterocycles. The maximum Gasteiger partial charge on any atom is 0.407 e. The van der Waals surface area contributed by atoms with Crippen LogP contribution in [0.25, 0.3) is 22.3 Å². The minimum Gasteiger partial charge on any atom is -0.465 e. The molecule has 1 aliphatic rings. The van der Waals surface area contributed by atoms with Crippen molar-refractivity contribution in [3.05, 3.63) is 144 Å². The van der Waals surface area contributed by atoms with Crippen molar-refractivity contribution in [1.82, 2.24) is 4.90 Å². The van der Waals surface area contributed by atoms with Gasteiger partial charge in [-0.1, -0.05) is 115 Å². The first-order valence-corrected chi connectivity index (χ1v) is 14.0. The molecular formula is C35H27NO3S. The van der Waals surface area contributed by atoms with Crippen LogP contribution in [0.3, 0.4) is 0 Å². The summed E-state index contributed by atoms with van der Waals surface area (Å²) in [5.41, 5.74) is 8.24. The fourth-order valence-electron chi connectivity index (χ4n) is 5.49. The van der Waals surface area contributed by atoms with E-state index in [1.165, 1.54) is 27.8 Å². The van der Waals surface area contributed by atoms with E-state index in [1.807, 2.05) is 66.7 Å². The SMILES string of the molecule is O=Cc1ccccc1Sc1ccc(-c2ccccc2)cc1CN(CC1c2ccccc2-c2ccccc21)C(=O)O. The predicted octanol–water partition coefficient (Wildman–Crippen LogP) is 8.61. The standard InChI is InChI=1S/C35H27NO3S/c37-23-26-12-4-9-17-33(26)40-34-19-18-25(24-10-2-1-3-11-24)20-27(34)21-36(35(38)39)22-32-30-15-7-5-13-28(30)29-14-6-8-16-31(29)32/h1-20,23,32H,21-22H2,(H,38,39). The quantitative estimate of drug-likeness (QED) is 0.200. The maximum atomic E-state index is 12.7. The molecule has 5 aromatic carbocycles. The number of carbonyl (C=O) groups excluding carboxylic acids is 1. The zero-order valence-electron chi connectivity index (χ0n) is 21.7. The molecule has 0 saturated carbocycles. The summed E-state index contributed by atoms with van der Waals surface area (Å²) in [5, 5.41) is 10.4. The van der Waals surface area contributed by atoms with Crippen molar-refractivity contribution in [3.63, 3.8) is 0 Å². The van der Waals surface area contributed by atoms with Crippen LogP contribution in [-0.2, 0) is 6.54 Å². The second kappa shape index (κ2) is 11.2. The molecule has 1 aliphatic carbocycles. The summed E-state index contributed by atoms with van der Waals surface area (Å²) in [6.45, 7) is 0.566. The predicted molar refractivity (Wildman–Crippen MR) is 160 cm³/mol. The minimum absolute atomic E-state index is 0.0484. The number of carbonyl (C=O) groups is 2. The van der Waals surface area contributed by atoms with Gasteiger partial charge in [0.1, 0.15) is 0 Å². The highest BCUT2D eigenvalue weighted by Crippen LogP contribution is 2.45. The Morgan fingerprint density at radius 2 is 1.35 bits per heavy atom. The Labute approximate surface area is 237 Å². The van der Waals surface area contributed by atoms with Gasteiger partial charge in [-0.05, 0) is 57.1 Å². The summed E-state index contributed by atoms with van der Waals surface area (Å²) in [6.07, 6.45) is -0.102. The van der Waals surface area contributed by atoms with Crippen LogP contribution in [-0.4, -0.2) is 28.9 Å². The van der Waals surface area contributed by atoms with Crippen LogP contribution in [0.15, 0.2) is 131 Å². The van der Waals surface area contributed by atoms with Gasteiger partial charge in [-0.15, -0.1) is 0 Å². The first kappa shape index (κ1) is 25.7. The number of fused-ring (bicyclic) bond motifs is 3. The van der Waals surface area contributed by atoms with E-state index in [0.29, 0.717) is 12.1 Å². The molecule has 0 aliphatic heterocycles. The van der Waals surface area contributed by atoms with Crippen LogP contribution in [0.2, 0.25) is 0 Å². The molecule has 5 heteroatoms. The Hall–Kier alpha value is -4.61. The van der Waals surface area contributed by atoms with Crippen molar-refractivity contribution in [2.75, 3.05) is 6.54 Å². The number of aldehydes is 1. The van der Waals surface area contributed by atoms with Gasteiger partial charge in [0.25, 0.3) is 0 Å². The van der Waals surface area contributed by atoms with Crippen LogP contribution in [0.5, 0.6) is 0 Å². The average Bonchev–Trinajstić information content (AvgIpc) is 3.31. The third-order valence-corrected chi connectivity index (χ3v) is 8.64. The van der Waals surface area contributed by atoms with Gasteiger partial charge in [0, 0.05) is 27.8 Å². The maximum absolute atomic E-state index is 12.7. The summed E-state index contributed by atoms with van der Waals surface area (Å²) < 4.78 is 0. The van der Waals surface area contributed by atoms with Gasteiger partial charge < -0.3 is 10.0 Å². The number of nitrogens with zero attached hydrogens (tertiary/aromatic N) is 1. The lowest BCUT2D eigenvalue weighted by Gasteiger charge is -2.26. The smallest absolute Gasteiger partial charge is 0.407 e. The molecular weight excluding hydrogens is 514 g/mol.